The molecule has 34 heavy (non-hydrogen) atoms. The predicted octanol–water partition coefficient (Wildman–Crippen LogP) is 4.89. The number of carbonyl (C=O) groups is 2. The predicted molar refractivity (Wildman–Crippen MR) is 134 cm³/mol. The third-order valence-corrected chi connectivity index (χ3v) is 6.78. The molecule has 2 saturated heterocycles. The first-order chi connectivity index (χ1) is 16.5. The van der Waals surface area contributed by atoms with Crippen LogP contribution < -0.4 is 14.9 Å². The Hall–Kier alpha value is -3.64. The number of benzene rings is 3. The van der Waals surface area contributed by atoms with Gasteiger partial charge < -0.3 is 4.90 Å². The van der Waals surface area contributed by atoms with E-state index in [1.54, 1.807) is 5.06 Å². The van der Waals surface area contributed by atoms with Crippen LogP contribution in [0.2, 0.25) is 0 Å². The summed E-state index contributed by atoms with van der Waals surface area (Å²) < 4.78 is 0. The molecule has 3 aromatic rings. The number of nitrogens with zero attached hydrogens (tertiary/aromatic N) is 3. The Morgan fingerprint density at radius 1 is 0.794 bits per heavy atom. The molecule has 0 radical (unpaired) electrons. The molecule has 0 N–H and O–H groups in total. The second kappa shape index (κ2) is 8.95. The maximum atomic E-state index is 13.7. The van der Waals surface area contributed by atoms with Crippen LogP contribution >= 0.6 is 0 Å². The number of hydroxylamine groups is 1. The van der Waals surface area contributed by atoms with Crippen LogP contribution in [0.5, 0.6) is 0 Å². The van der Waals surface area contributed by atoms with Crippen molar-refractivity contribution in [1.82, 2.24) is 0 Å². The molecule has 0 aromatic heterocycles. The molecular formula is C28H29N3O3. The van der Waals surface area contributed by atoms with Crippen LogP contribution in [0.4, 0.5) is 17.1 Å². The summed E-state index contributed by atoms with van der Waals surface area (Å²) in [5, 5.41) is 1.74. The minimum atomic E-state index is -0.860. The molecule has 2 fully saturated rings. The molecule has 6 heteroatoms. The van der Waals surface area contributed by atoms with Crippen LogP contribution in [0.15, 0.2) is 78.9 Å². The van der Waals surface area contributed by atoms with Gasteiger partial charge in [-0.3, -0.25) is 14.4 Å². The first-order valence-corrected chi connectivity index (χ1v) is 11.8. The van der Waals surface area contributed by atoms with E-state index in [0.29, 0.717) is 5.69 Å². The van der Waals surface area contributed by atoms with Crippen molar-refractivity contribution >= 4 is 28.9 Å². The second-order valence-electron chi connectivity index (χ2n) is 8.77. The van der Waals surface area contributed by atoms with Gasteiger partial charge in [-0.25, -0.2) is 9.96 Å². The van der Waals surface area contributed by atoms with Crippen molar-refractivity contribution in [3.8, 4) is 0 Å². The normalized spacial score (nSPS) is 21.8. The number of aryl methyl sites for hydroxylation is 1. The summed E-state index contributed by atoms with van der Waals surface area (Å²) in [4.78, 5) is 36.9. The van der Waals surface area contributed by atoms with E-state index < -0.39 is 18.1 Å². The van der Waals surface area contributed by atoms with Crippen molar-refractivity contribution in [3.63, 3.8) is 0 Å². The van der Waals surface area contributed by atoms with Gasteiger partial charge in [0.2, 0.25) is 5.91 Å². The number of hydrogen-bond acceptors (Lipinski definition) is 5. The molecule has 2 aliphatic rings. The first kappa shape index (κ1) is 22.2. The fourth-order valence-corrected chi connectivity index (χ4v) is 4.97. The maximum Gasteiger partial charge on any atom is 0.266 e. The molecule has 0 spiro atoms. The lowest BCUT2D eigenvalue weighted by atomic mass is 9.90. The molecule has 174 valence electrons. The van der Waals surface area contributed by atoms with Crippen molar-refractivity contribution < 1.29 is 14.4 Å². The molecule has 2 heterocycles. The van der Waals surface area contributed by atoms with E-state index in [0.717, 1.165) is 35.6 Å². The molecule has 0 aliphatic carbocycles. The van der Waals surface area contributed by atoms with Gasteiger partial charge in [-0.15, -0.1) is 0 Å². The third-order valence-electron chi connectivity index (χ3n) is 6.78. The standard InChI is InChI=1S/C28H29N3O3/c1-4-29(5-2)21-17-13-20(14-18-21)25-24-26(34-31(25)23-9-7-6-8-10-23)28(33)30(27(24)32)22-15-11-19(3)12-16-22/h6-18,24-26H,4-5H2,1-3H3/t24-,25+,26+/m1/s1. The molecule has 6 nitrogen and oxygen atoms in total. The minimum Gasteiger partial charge on any atom is -0.372 e. The molecular weight excluding hydrogens is 426 g/mol. The van der Waals surface area contributed by atoms with E-state index in [4.69, 9.17) is 4.84 Å². The number of fused-ring (bicyclic) bond motifs is 1. The molecule has 3 aromatic carbocycles. The van der Waals surface area contributed by atoms with Crippen molar-refractivity contribution in [2.24, 2.45) is 5.92 Å². The number of carbonyl (C=O) groups excluding carboxylic acids is 2. The van der Waals surface area contributed by atoms with Crippen LogP contribution in [0.25, 0.3) is 0 Å². The van der Waals surface area contributed by atoms with Crippen molar-refractivity contribution in [2.45, 2.75) is 32.9 Å². The Bertz CT molecular complexity index is 1170. The molecule has 2 aliphatic heterocycles. The number of hydrogen-bond donors (Lipinski definition) is 0. The van der Waals surface area contributed by atoms with Crippen molar-refractivity contribution in [3.05, 3.63) is 90.0 Å². The van der Waals surface area contributed by atoms with Crippen LogP contribution in [-0.4, -0.2) is 31.0 Å². The zero-order chi connectivity index (χ0) is 23.8. The number of para-hydroxylation sites is 1. The summed E-state index contributed by atoms with van der Waals surface area (Å²) in [7, 11) is 0. The van der Waals surface area contributed by atoms with Gasteiger partial charge in [0.25, 0.3) is 5.91 Å². The topological polar surface area (TPSA) is 53.1 Å². The van der Waals surface area contributed by atoms with Gasteiger partial charge >= 0.3 is 0 Å². The lowest BCUT2D eigenvalue weighted by Crippen LogP contribution is -2.37. The van der Waals surface area contributed by atoms with Gasteiger partial charge in [-0.1, -0.05) is 48.0 Å². The van der Waals surface area contributed by atoms with Crippen LogP contribution in [0.1, 0.15) is 31.0 Å². The highest BCUT2D eigenvalue weighted by atomic mass is 16.7. The summed E-state index contributed by atoms with van der Waals surface area (Å²) in [6.45, 7) is 8.08. The number of amides is 2. The van der Waals surface area contributed by atoms with Crippen molar-refractivity contribution in [2.75, 3.05) is 28.0 Å². The second-order valence-corrected chi connectivity index (χ2v) is 8.77. The van der Waals surface area contributed by atoms with Gasteiger partial charge in [0.15, 0.2) is 6.10 Å². The summed E-state index contributed by atoms with van der Waals surface area (Å²) in [6, 6.07) is 24.9. The van der Waals surface area contributed by atoms with Gasteiger partial charge in [0.1, 0.15) is 5.92 Å². The molecule has 3 atom stereocenters. The quantitative estimate of drug-likeness (QED) is 0.495. The van der Waals surface area contributed by atoms with Gasteiger partial charge in [-0.05, 0) is 62.7 Å². The average Bonchev–Trinajstić information content (AvgIpc) is 3.38. The highest BCUT2D eigenvalue weighted by Crippen LogP contribution is 2.47. The molecule has 0 saturated carbocycles. The van der Waals surface area contributed by atoms with E-state index in [9.17, 15) is 9.59 Å². The van der Waals surface area contributed by atoms with E-state index >= 15 is 0 Å². The Labute approximate surface area is 200 Å². The number of imide groups is 1. The van der Waals surface area contributed by atoms with E-state index in [1.807, 2.05) is 73.7 Å². The zero-order valence-corrected chi connectivity index (χ0v) is 19.7. The molecule has 2 amide bonds. The van der Waals surface area contributed by atoms with Crippen LogP contribution in [0, 0.1) is 12.8 Å². The SMILES string of the molecule is CCN(CC)c1ccc([C@H]2[C@H]3C(=O)N(c4ccc(C)cc4)C(=O)[C@H]3ON2c2ccccc2)cc1. The van der Waals surface area contributed by atoms with Gasteiger partial charge in [0, 0.05) is 18.8 Å². The number of anilines is 3. The fraction of sp³-hybridized carbons (Fsp3) is 0.286. The molecule has 0 unspecified atom stereocenters. The summed E-state index contributed by atoms with van der Waals surface area (Å²) in [5.74, 6) is -1.18. The van der Waals surface area contributed by atoms with Gasteiger partial charge in [0.05, 0.1) is 17.4 Å². The maximum absolute atomic E-state index is 13.7. The Balaban J connectivity index is 1.54. The Morgan fingerprint density at radius 3 is 2.06 bits per heavy atom. The minimum absolute atomic E-state index is 0.227. The Kier molecular flexibility index (Phi) is 5.84. The van der Waals surface area contributed by atoms with Crippen LogP contribution in [0.3, 0.4) is 0 Å². The smallest absolute Gasteiger partial charge is 0.266 e. The Morgan fingerprint density at radius 2 is 1.44 bits per heavy atom. The summed E-state index contributed by atoms with van der Waals surface area (Å²) >= 11 is 0. The van der Waals surface area contributed by atoms with E-state index in [-0.39, 0.29) is 11.8 Å². The number of rotatable bonds is 6. The summed E-state index contributed by atoms with van der Waals surface area (Å²) in [5.41, 5.74) is 4.54. The van der Waals surface area contributed by atoms with E-state index in [1.165, 1.54) is 4.90 Å². The zero-order valence-electron chi connectivity index (χ0n) is 19.7. The highest BCUT2D eigenvalue weighted by Gasteiger charge is 2.60. The van der Waals surface area contributed by atoms with E-state index in [2.05, 4.69) is 30.9 Å². The largest absolute Gasteiger partial charge is 0.372 e. The lowest BCUT2D eigenvalue weighted by Gasteiger charge is -2.29. The highest BCUT2D eigenvalue weighted by molar-refractivity contribution is 6.23. The lowest BCUT2D eigenvalue weighted by molar-refractivity contribution is -0.126. The first-order valence-electron chi connectivity index (χ1n) is 11.8. The van der Waals surface area contributed by atoms with Gasteiger partial charge in [-0.2, -0.15) is 0 Å². The van der Waals surface area contributed by atoms with Crippen LogP contribution in [-0.2, 0) is 14.4 Å². The average molecular weight is 456 g/mol. The van der Waals surface area contributed by atoms with Crippen molar-refractivity contribution in [1.29, 1.82) is 0 Å². The molecule has 5 rings (SSSR count). The summed E-state index contributed by atoms with van der Waals surface area (Å²) in [6.07, 6.45) is -0.860. The monoisotopic (exact) mass is 455 g/mol. The fourth-order valence-electron chi connectivity index (χ4n) is 4.97. The molecule has 0 bridgehead atoms. The third kappa shape index (κ3) is 3.64.